The van der Waals surface area contributed by atoms with Crippen LogP contribution in [0.2, 0.25) is 0 Å². The standard InChI is InChI=1S/C20H20N2/c1-15-3-7-17(8-4-15)9-12-20-21-13-19(14-22-20)18-10-5-16(2)6-11-18/h3-8,10-11,13-14H,9,12H2,1-2H3. The van der Waals surface area contributed by atoms with Crippen molar-refractivity contribution >= 4 is 0 Å². The summed E-state index contributed by atoms with van der Waals surface area (Å²) in [4.78, 5) is 9.00. The lowest BCUT2D eigenvalue weighted by atomic mass is 10.1. The normalized spacial score (nSPS) is 10.6. The first-order valence-electron chi connectivity index (χ1n) is 7.64. The Morgan fingerprint density at radius 3 is 1.77 bits per heavy atom. The monoisotopic (exact) mass is 288 g/mol. The Bertz CT molecular complexity index is 726. The van der Waals surface area contributed by atoms with Gasteiger partial charge in [-0.15, -0.1) is 0 Å². The number of hydrogen-bond acceptors (Lipinski definition) is 2. The topological polar surface area (TPSA) is 25.8 Å². The van der Waals surface area contributed by atoms with Crippen LogP contribution in [0.1, 0.15) is 22.5 Å². The van der Waals surface area contributed by atoms with Crippen molar-refractivity contribution in [3.63, 3.8) is 0 Å². The van der Waals surface area contributed by atoms with E-state index < -0.39 is 0 Å². The number of hydrogen-bond donors (Lipinski definition) is 0. The first-order chi connectivity index (χ1) is 10.7. The van der Waals surface area contributed by atoms with Crippen molar-refractivity contribution in [3.05, 3.63) is 83.4 Å². The van der Waals surface area contributed by atoms with E-state index in [1.165, 1.54) is 16.7 Å². The lowest BCUT2D eigenvalue weighted by Crippen LogP contribution is -1.98. The molecule has 0 saturated carbocycles. The molecule has 0 amide bonds. The Labute approximate surface area is 131 Å². The zero-order chi connectivity index (χ0) is 15.4. The molecule has 0 aliphatic heterocycles. The molecule has 1 heterocycles. The highest BCUT2D eigenvalue weighted by molar-refractivity contribution is 5.61. The van der Waals surface area contributed by atoms with E-state index in [4.69, 9.17) is 0 Å². The van der Waals surface area contributed by atoms with Gasteiger partial charge in [0, 0.05) is 24.4 Å². The summed E-state index contributed by atoms with van der Waals surface area (Å²) in [5, 5.41) is 0. The van der Waals surface area contributed by atoms with E-state index in [1.807, 2.05) is 12.4 Å². The lowest BCUT2D eigenvalue weighted by Gasteiger charge is -2.04. The molecule has 1 aromatic heterocycles. The fourth-order valence-corrected chi connectivity index (χ4v) is 2.39. The molecule has 0 fully saturated rings. The molecule has 22 heavy (non-hydrogen) atoms. The largest absolute Gasteiger partial charge is 0.241 e. The summed E-state index contributed by atoms with van der Waals surface area (Å²) in [6.07, 6.45) is 5.69. The van der Waals surface area contributed by atoms with Crippen LogP contribution in [0.5, 0.6) is 0 Å². The van der Waals surface area contributed by atoms with Gasteiger partial charge in [-0.3, -0.25) is 0 Å². The average Bonchev–Trinajstić information content (AvgIpc) is 2.56. The summed E-state index contributed by atoms with van der Waals surface area (Å²) in [7, 11) is 0. The molecule has 110 valence electrons. The van der Waals surface area contributed by atoms with Crippen molar-refractivity contribution in [2.24, 2.45) is 0 Å². The van der Waals surface area contributed by atoms with Gasteiger partial charge >= 0.3 is 0 Å². The Kier molecular flexibility index (Phi) is 4.29. The van der Waals surface area contributed by atoms with Crippen molar-refractivity contribution in [3.8, 4) is 11.1 Å². The Hall–Kier alpha value is -2.48. The molecule has 2 nitrogen and oxygen atoms in total. The van der Waals surface area contributed by atoms with Crippen molar-refractivity contribution in [2.75, 3.05) is 0 Å². The number of aryl methyl sites for hydroxylation is 4. The first-order valence-corrected chi connectivity index (χ1v) is 7.64. The Morgan fingerprint density at radius 1 is 0.636 bits per heavy atom. The second-order valence-electron chi connectivity index (χ2n) is 5.74. The maximum Gasteiger partial charge on any atom is 0.128 e. The summed E-state index contributed by atoms with van der Waals surface area (Å²) < 4.78 is 0. The highest BCUT2D eigenvalue weighted by Crippen LogP contribution is 2.18. The fraction of sp³-hybridized carbons (Fsp3) is 0.200. The Balaban J connectivity index is 1.66. The van der Waals surface area contributed by atoms with Crippen molar-refractivity contribution in [2.45, 2.75) is 26.7 Å². The van der Waals surface area contributed by atoms with Crippen LogP contribution in [0.3, 0.4) is 0 Å². The zero-order valence-corrected chi connectivity index (χ0v) is 13.1. The van der Waals surface area contributed by atoms with Crippen LogP contribution < -0.4 is 0 Å². The second kappa shape index (κ2) is 6.52. The number of aromatic nitrogens is 2. The summed E-state index contributed by atoms with van der Waals surface area (Å²) >= 11 is 0. The van der Waals surface area contributed by atoms with Crippen LogP contribution in [0.25, 0.3) is 11.1 Å². The van der Waals surface area contributed by atoms with E-state index in [-0.39, 0.29) is 0 Å². The van der Waals surface area contributed by atoms with E-state index in [9.17, 15) is 0 Å². The molecule has 3 aromatic rings. The average molecular weight is 288 g/mol. The summed E-state index contributed by atoms with van der Waals surface area (Å²) in [6, 6.07) is 17.1. The van der Waals surface area contributed by atoms with Gasteiger partial charge in [0.25, 0.3) is 0 Å². The predicted molar refractivity (Wildman–Crippen MR) is 90.8 cm³/mol. The SMILES string of the molecule is Cc1ccc(CCc2ncc(-c3ccc(C)cc3)cn2)cc1. The van der Waals surface area contributed by atoms with E-state index in [0.29, 0.717) is 0 Å². The second-order valence-corrected chi connectivity index (χ2v) is 5.74. The summed E-state index contributed by atoms with van der Waals surface area (Å²) in [5.74, 6) is 0.899. The third kappa shape index (κ3) is 3.59. The molecule has 0 saturated heterocycles. The number of benzene rings is 2. The van der Waals surface area contributed by atoms with Crippen LogP contribution in [0.4, 0.5) is 0 Å². The van der Waals surface area contributed by atoms with E-state index in [0.717, 1.165) is 29.8 Å². The van der Waals surface area contributed by atoms with Gasteiger partial charge in [-0.05, 0) is 31.4 Å². The molecule has 3 rings (SSSR count). The maximum absolute atomic E-state index is 4.50. The highest BCUT2D eigenvalue weighted by atomic mass is 14.9. The van der Waals surface area contributed by atoms with E-state index >= 15 is 0 Å². The molecule has 0 aliphatic rings. The van der Waals surface area contributed by atoms with Gasteiger partial charge in [0.15, 0.2) is 0 Å². The molecule has 0 unspecified atom stereocenters. The Morgan fingerprint density at radius 2 is 1.18 bits per heavy atom. The third-order valence-corrected chi connectivity index (χ3v) is 3.85. The molecule has 2 heteroatoms. The summed E-state index contributed by atoms with van der Waals surface area (Å²) in [5.41, 5.74) is 6.12. The molecule has 0 radical (unpaired) electrons. The van der Waals surface area contributed by atoms with Gasteiger partial charge in [0.05, 0.1) is 0 Å². The summed E-state index contributed by atoms with van der Waals surface area (Å²) in [6.45, 7) is 4.20. The van der Waals surface area contributed by atoms with Gasteiger partial charge in [-0.2, -0.15) is 0 Å². The molecule has 0 bridgehead atoms. The molecule has 0 spiro atoms. The lowest BCUT2D eigenvalue weighted by molar-refractivity contribution is 0.858. The third-order valence-electron chi connectivity index (χ3n) is 3.85. The zero-order valence-electron chi connectivity index (χ0n) is 13.1. The fourth-order valence-electron chi connectivity index (χ4n) is 2.39. The van der Waals surface area contributed by atoms with Crippen molar-refractivity contribution in [1.82, 2.24) is 9.97 Å². The van der Waals surface area contributed by atoms with Crippen LogP contribution in [-0.2, 0) is 12.8 Å². The van der Waals surface area contributed by atoms with E-state index in [2.05, 4.69) is 72.3 Å². The van der Waals surface area contributed by atoms with Crippen LogP contribution in [0, 0.1) is 13.8 Å². The van der Waals surface area contributed by atoms with Gasteiger partial charge in [0.1, 0.15) is 5.82 Å². The minimum absolute atomic E-state index is 0.872. The molecule has 2 aromatic carbocycles. The van der Waals surface area contributed by atoms with E-state index in [1.54, 1.807) is 0 Å². The number of rotatable bonds is 4. The smallest absolute Gasteiger partial charge is 0.128 e. The molecule has 0 atom stereocenters. The van der Waals surface area contributed by atoms with Crippen LogP contribution in [0.15, 0.2) is 60.9 Å². The van der Waals surface area contributed by atoms with Crippen LogP contribution >= 0.6 is 0 Å². The van der Waals surface area contributed by atoms with Crippen LogP contribution in [-0.4, -0.2) is 9.97 Å². The van der Waals surface area contributed by atoms with Crippen molar-refractivity contribution < 1.29 is 0 Å². The molecule has 0 N–H and O–H groups in total. The first kappa shape index (κ1) is 14.5. The predicted octanol–water partition coefficient (Wildman–Crippen LogP) is 4.55. The molecular formula is C20H20N2. The van der Waals surface area contributed by atoms with Gasteiger partial charge in [0.2, 0.25) is 0 Å². The van der Waals surface area contributed by atoms with Gasteiger partial charge in [-0.1, -0.05) is 59.7 Å². The highest BCUT2D eigenvalue weighted by Gasteiger charge is 2.02. The van der Waals surface area contributed by atoms with Crippen molar-refractivity contribution in [1.29, 1.82) is 0 Å². The minimum atomic E-state index is 0.872. The molecular weight excluding hydrogens is 268 g/mol. The van der Waals surface area contributed by atoms with Gasteiger partial charge in [-0.25, -0.2) is 9.97 Å². The molecule has 0 aliphatic carbocycles. The minimum Gasteiger partial charge on any atom is -0.241 e. The maximum atomic E-state index is 4.50. The quantitative estimate of drug-likeness (QED) is 0.704. The number of nitrogens with zero attached hydrogens (tertiary/aromatic N) is 2. The van der Waals surface area contributed by atoms with Gasteiger partial charge < -0.3 is 0 Å².